The Bertz CT molecular complexity index is 712. The largest absolute Gasteiger partial charge is 0.478 e. The van der Waals surface area contributed by atoms with Crippen LogP contribution in [-0.4, -0.2) is 26.2 Å². The average Bonchev–Trinajstić information content (AvgIpc) is 2.47. The molecule has 0 spiro atoms. The van der Waals surface area contributed by atoms with Gasteiger partial charge in [0.1, 0.15) is 5.69 Å². The zero-order valence-corrected chi connectivity index (χ0v) is 11.1. The predicted octanol–water partition coefficient (Wildman–Crippen LogP) is 2.02. The normalized spacial score (nSPS) is 10.5. The molecule has 0 aliphatic rings. The van der Waals surface area contributed by atoms with E-state index in [-0.39, 0.29) is 22.5 Å². The lowest BCUT2D eigenvalue weighted by Gasteiger charge is -2.10. The number of carbonyl (C=O) groups is 1. The number of nitrogens with one attached hydrogen (secondary N) is 1. The predicted molar refractivity (Wildman–Crippen MR) is 77.0 cm³/mol. The topological polar surface area (TPSA) is 133 Å². The monoisotopic (exact) mass is 304 g/mol. The maximum absolute atomic E-state index is 11.1. The molecular formula is C14H12N2O6. The van der Waals surface area contributed by atoms with Crippen LogP contribution in [0.1, 0.15) is 22.2 Å². The molecule has 114 valence electrons. The number of aliphatic hydroxyl groups is 2. The van der Waals surface area contributed by atoms with Crippen molar-refractivity contribution >= 4 is 23.0 Å². The van der Waals surface area contributed by atoms with Gasteiger partial charge in [0.15, 0.2) is 6.29 Å². The molecule has 0 bridgehead atoms. The molecule has 8 heteroatoms. The molecule has 0 heterocycles. The van der Waals surface area contributed by atoms with Crippen LogP contribution in [-0.2, 0) is 0 Å². The SMILES string of the molecule is O=C(O)c1ccc(Nc2ccc(C(O)O)cc2[N+](=O)[O-])cc1. The van der Waals surface area contributed by atoms with Gasteiger partial charge in [0, 0.05) is 17.3 Å². The zero-order valence-electron chi connectivity index (χ0n) is 11.1. The number of nitro groups is 1. The summed E-state index contributed by atoms with van der Waals surface area (Å²) in [5.41, 5.74) is 0.382. The second-order valence-electron chi connectivity index (χ2n) is 4.41. The summed E-state index contributed by atoms with van der Waals surface area (Å²) in [5, 5.41) is 40.8. The van der Waals surface area contributed by atoms with Crippen molar-refractivity contribution in [1.29, 1.82) is 0 Å². The van der Waals surface area contributed by atoms with Crippen LogP contribution >= 0.6 is 0 Å². The molecule has 0 saturated heterocycles. The Balaban J connectivity index is 2.32. The molecule has 22 heavy (non-hydrogen) atoms. The summed E-state index contributed by atoms with van der Waals surface area (Å²) < 4.78 is 0. The van der Waals surface area contributed by atoms with Gasteiger partial charge in [-0.15, -0.1) is 0 Å². The summed E-state index contributed by atoms with van der Waals surface area (Å²) in [6.45, 7) is 0. The van der Waals surface area contributed by atoms with Crippen molar-refractivity contribution in [3.8, 4) is 0 Å². The van der Waals surface area contributed by atoms with Gasteiger partial charge in [-0.3, -0.25) is 10.1 Å². The number of anilines is 2. The minimum Gasteiger partial charge on any atom is -0.478 e. The van der Waals surface area contributed by atoms with Crippen molar-refractivity contribution in [1.82, 2.24) is 0 Å². The standard InChI is InChI=1S/C14H12N2O6/c17-13(18)8-1-4-10(5-2-8)15-11-6-3-9(14(19)20)7-12(11)16(21)22/h1-7,14-15,19-20H,(H,17,18). The Labute approximate surface area is 124 Å². The van der Waals surface area contributed by atoms with Crippen molar-refractivity contribution in [2.24, 2.45) is 0 Å². The molecule has 0 aliphatic carbocycles. The zero-order chi connectivity index (χ0) is 16.3. The number of carboxylic acids is 1. The molecule has 0 atom stereocenters. The Morgan fingerprint density at radius 3 is 2.27 bits per heavy atom. The molecule has 0 amide bonds. The van der Waals surface area contributed by atoms with Gasteiger partial charge in [-0.05, 0) is 30.3 Å². The van der Waals surface area contributed by atoms with Crippen LogP contribution in [0, 0.1) is 10.1 Å². The number of benzene rings is 2. The molecule has 2 aromatic carbocycles. The van der Waals surface area contributed by atoms with Crippen molar-refractivity contribution < 1.29 is 25.0 Å². The van der Waals surface area contributed by atoms with E-state index in [2.05, 4.69) is 5.32 Å². The van der Waals surface area contributed by atoms with Crippen LogP contribution < -0.4 is 5.32 Å². The first-order chi connectivity index (χ1) is 10.4. The molecule has 0 fully saturated rings. The van der Waals surface area contributed by atoms with Gasteiger partial charge >= 0.3 is 5.97 Å². The number of aromatic carboxylic acids is 1. The van der Waals surface area contributed by atoms with Crippen LogP contribution in [0.5, 0.6) is 0 Å². The minimum absolute atomic E-state index is 0.00141. The van der Waals surface area contributed by atoms with Crippen LogP contribution in [0.15, 0.2) is 42.5 Å². The fourth-order valence-electron chi connectivity index (χ4n) is 1.82. The van der Waals surface area contributed by atoms with E-state index in [1.54, 1.807) is 0 Å². The molecule has 0 saturated carbocycles. The summed E-state index contributed by atoms with van der Waals surface area (Å²) in [6.07, 6.45) is -1.80. The maximum atomic E-state index is 11.1. The van der Waals surface area contributed by atoms with E-state index >= 15 is 0 Å². The number of nitrogens with zero attached hydrogens (tertiary/aromatic N) is 1. The van der Waals surface area contributed by atoms with Gasteiger partial charge in [-0.25, -0.2) is 4.79 Å². The number of nitro benzene ring substituents is 1. The van der Waals surface area contributed by atoms with E-state index in [1.807, 2.05) is 0 Å². The van der Waals surface area contributed by atoms with Crippen molar-refractivity contribution in [2.45, 2.75) is 6.29 Å². The highest BCUT2D eigenvalue weighted by Gasteiger charge is 2.17. The van der Waals surface area contributed by atoms with E-state index in [9.17, 15) is 14.9 Å². The Morgan fingerprint density at radius 1 is 1.14 bits per heavy atom. The average molecular weight is 304 g/mol. The lowest BCUT2D eigenvalue weighted by atomic mass is 10.1. The summed E-state index contributed by atoms with van der Waals surface area (Å²) in [5.74, 6) is -1.07. The van der Waals surface area contributed by atoms with E-state index in [0.717, 1.165) is 6.07 Å². The second kappa shape index (κ2) is 6.20. The van der Waals surface area contributed by atoms with Gasteiger partial charge in [0.2, 0.25) is 0 Å². The third-order valence-corrected chi connectivity index (χ3v) is 2.93. The molecule has 0 radical (unpaired) electrons. The molecule has 0 aliphatic heterocycles. The number of hydrogen-bond acceptors (Lipinski definition) is 6. The van der Waals surface area contributed by atoms with Gasteiger partial charge in [-0.2, -0.15) is 0 Å². The van der Waals surface area contributed by atoms with Crippen LogP contribution in [0.3, 0.4) is 0 Å². The minimum atomic E-state index is -1.80. The maximum Gasteiger partial charge on any atom is 0.335 e. The summed E-state index contributed by atoms with van der Waals surface area (Å²) in [4.78, 5) is 21.2. The van der Waals surface area contributed by atoms with Gasteiger partial charge in [-0.1, -0.05) is 6.07 Å². The molecule has 0 aromatic heterocycles. The van der Waals surface area contributed by atoms with Crippen LogP contribution in [0.4, 0.5) is 17.1 Å². The molecule has 8 nitrogen and oxygen atoms in total. The van der Waals surface area contributed by atoms with Crippen LogP contribution in [0.2, 0.25) is 0 Å². The number of carboxylic acid groups (broad SMARTS) is 1. The van der Waals surface area contributed by atoms with Gasteiger partial charge in [0.05, 0.1) is 10.5 Å². The molecule has 2 aromatic rings. The molecule has 0 unspecified atom stereocenters. The van der Waals surface area contributed by atoms with Crippen molar-refractivity contribution in [2.75, 3.05) is 5.32 Å². The lowest BCUT2D eigenvalue weighted by Crippen LogP contribution is -2.01. The lowest BCUT2D eigenvalue weighted by molar-refractivity contribution is -0.384. The third-order valence-electron chi connectivity index (χ3n) is 2.93. The molecular weight excluding hydrogens is 292 g/mol. The van der Waals surface area contributed by atoms with Crippen molar-refractivity contribution in [3.05, 3.63) is 63.7 Å². The molecule has 4 N–H and O–H groups in total. The second-order valence-corrected chi connectivity index (χ2v) is 4.41. The third kappa shape index (κ3) is 3.37. The first kappa shape index (κ1) is 15.4. The quantitative estimate of drug-likeness (QED) is 0.377. The fourth-order valence-corrected chi connectivity index (χ4v) is 1.82. The fraction of sp³-hybridized carbons (Fsp3) is 0.0714. The number of hydrogen-bond donors (Lipinski definition) is 4. The van der Waals surface area contributed by atoms with E-state index < -0.39 is 17.2 Å². The van der Waals surface area contributed by atoms with E-state index in [4.69, 9.17) is 15.3 Å². The summed E-state index contributed by atoms with van der Waals surface area (Å²) in [6, 6.07) is 9.41. The van der Waals surface area contributed by atoms with Gasteiger partial charge in [0.25, 0.3) is 5.69 Å². The highest BCUT2D eigenvalue weighted by molar-refractivity contribution is 5.88. The summed E-state index contributed by atoms with van der Waals surface area (Å²) in [7, 11) is 0. The number of aliphatic hydroxyl groups excluding tert-OH is 1. The Hall–Kier alpha value is -2.97. The first-order valence-electron chi connectivity index (χ1n) is 6.13. The highest BCUT2D eigenvalue weighted by atomic mass is 16.6. The Morgan fingerprint density at radius 2 is 1.77 bits per heavy atom. The Kier molecular flexibility index (Phi) is 4.35. The molecule has 2 rings (SSSR count). The van der Waals surface area contributed by atoms with Gasteiger partial charge < -0.3 is 20.6 Å². The van der Waals surface area contributed by atoms with E-state index in [1.165, 1.54) is 36.4 Å². The summed E-state index contributed by atoms with van der Waals surface area (Å²) >= 11 is 0. The first-order valence-corrected chi connectivity index (χ1v) is 6.13. The number of rotatable bonds is 5. The van der Waals surface area contributed by atoms with Crippen molar-refractivity contribution in [3.63, 3.8) is 0 Å². The highest BCUT2D eigenvalue weighted by Crippen LogP contribution is 2.30. The smallest absolute Gasteiger partial charge is 0.335 e. The van der Waals surface area contributed by atoms with E-state index in [0.29, 0.717) is 5.69 Å². The van der Waals surface area contributed by atoms with Crippen LogP contribution in [0.25, 0.3) is 0 Å².